The highest BCUT2D eigenvalue weighted by Crippen LogP contribution is 2.44. The topological polar surface area (TPSA) is 35.5 Å². The molecule has 182 valence electrons. The predicted molar refractivity (Wildman–Crippen MR) is 135 cm³/mol. The fourth-order valence-electron chi connectivity index (χ4n) is 5.23. The second-order valence-electron chi connectivity index (χ2n) is 10.3. The number of rotatable bonds is 15. The van der Waals surface area contributed by atoms with Gasteiger partial charge in [-0.25, -0.2) is 0 Å². The van der Waals surface area contributed by atoms with Crippen molar-refractivity contribution in [3.05, 3.63) is 22.3 Å². The average Bonchev–Trinajstić information content (AvgIpc) is 2.75. The first kappa shape index (κ1) is 26.7. The van der Waals surface area contributed by atoms with Crippen LogP contribution in [0.2, 0.25) is 0 Å². The number of ketones is 1. The van der Waals surface area contributed by atoms with Crippen LogP contribution in [0.5, 0.6) is 11.5 Å². The number of unbranched alkanes of at least 4 members (excludes halogenated alkanes) is 12. The lowest BCUT2D eigenvalue weighted by Gasteiger charge is -2.37. The number of fused-ring (bicyclic) bond motifs is 1. The molecular weight excluding hydrogens is 396 g/mol. The molecule has 0 amide bonds. The third kappa shape index (κ3) is 7.25. The van der Waals surface area contributed by atoms with E-state index >= 15 is 0 Å². The van der Waals surface area contributed by atoms with E-state index in [4.69, 9.17) is 9.47 Å². The summed E-state index contributed by atoms with van der Waals surface area (Å²) in [4.78, 5) is 13.1. The third-order valence-electron chi connectivity index (χ3n) is 7.36. The average molecular weight is 445 g/mol. The summed E-state index contributed by atoms with van der Waals surface area (Å²) in [5, 5.41) is 0. The molecule has 1 aromatic rings. The summed E-state index contributed by atoms with van der Waals surface area (Å²) in [7, 11) is 1.67. The van der Waals surface area contributed by atoms with Crippen LogP contribution >= 0.6 is 0 Å². The zero-order valence-corrected chi connectivity index (χ0v) is 21.8. The Morgan fingerprint density at radius 1 is 0.781 bits per heavy atom. The molecule has 3 heteroatoms. The molecule has 0 fully saturated rings. The second-order valence-corrected chi connectivity index (χ2v) is 10.3. The quantitative estimate of drug-likeness (QED) is 0.253. The molecule has 0 spiro atoms. The standard InChI is InChI=1S/C29H48O3/c1-7-8-9-10-11-12-13-14-15-16-17-18-19-20-29(5)21-25(30)26-24(4)27(31-6)22(2)23(3)28(26)32-29/h7-21H2,1-6H3/t29-/m1/s1. The Kier molecular flexibility index (Phi) is 11.1. The van der Waals surface area contributed by atoms with Gasteiger partial charge < -0.3 is 9.47 Å². The summed E-state index contributed by atoms with van der Waals surface area (Å²) in [5.74, 6) is 1.80. The van der Waals surface area contributed by atoms with E-state index in [1.807, 2.05) is 20.8 Å². The Labute approximate surface area is 197 Å². The van der Waals surface area contributed by atoms with Gasteiger partial charge in [0.2, 0.25) is 0 Å². The van der Waals surface area contributed by atoms with Crippen LogP contribution in [0.3, 0.4) is 0 Å². The van der Waals surface area contributed by atoms with Crippen LogP contribution in [0.1, 0.15) is 137 Å². The molecule has 0 unspecified atom stereocenters. The van der Waals surface area contributed by atoms with Gasteiger partial charge >= 0.3 is 0 Å². The fourth-order valence-corrected chi connectivity index (χ4v) is 5.23. The Balaban J connectivity index is 1.71. The number of Topliss-reactive ketones (excluding diaryl/α,β-unsaturated/α-hetero) is 1. The van der Waals surface area contributed by atoms with Gasteiger partial charge in [-0.15, -0.1) is 0 Å². The first-order valence-corrected chi connectivity index (χ1v) is 13.2. The molecule has 2 rings (SSSR count). The summed E-state index contributed by atoms with van der Waals surface area (Å²) < 4.78 is 12.1. The molecule has 0 saturated carbocycles. The maximum atomic E-state index is 13.1. The molecule has 0 bridgehead atoms. The lowest BCUT2D eigenvalue weighted by Crippen LogP contribution is -2.40. The first-order valence-electron chi connectivity index (χ1n) is 13.2. The van der Waals surface area contributed by atoms with Gasteiger partial charge in [0.25, 0.3) is 0 Å². The molecule has 1 aliphatic rings. The van der Waals surface area contributed by atoms with Crippen LogP contribution in [0.15, 0.2) is 0 Å². The number of hydrogen-bond donors (Lipinski definition) is 0. The van der Waals surface area contributed by atoms with E-state index < -0.39 is 0 Å². The summed E-state index contributed by atoms with van der Waals surface area (Å²) in [5.41, 5.74) is 3.36. The Bertz CT molecular complexity index is 737. The minimum Gasteiger partial charge on any atom is -0.496 e. The maximum Gasteiger partial charge on any atom is 0.170 e. The van der Waals surface area contributed by atoms with Crippen molar-refractivity contribution in [2.24, 2.45) is 0 Å². The summed E-state index contributed by atoms with van der Waals surface area (Å²) in [6.07, 6.45) is 19.0. The van der Waals surface area contributed by atoms with Gasteiger partial charge in [0.1, 0.15) is 17.1 Å². The molecule has 0 saturated heterocycles. The van der Waals surface area contributed by atoms with Gasteiger partial charge in [0.15, 0.2) is 5.78 Å². The number of benzene rings is 1. The van der Waals surface area contributed by atoms with Crippen LogP contribution in [0, 0.1) is 20.8 Å². The molecule has 1 heterocycles. The highest BCUT2D eigenvalue weighted by Gasteiger charge is 2.39. The zero-order chi connectivity index (χ0) is 23.6. The molecule has 0 aliphatic carbocycles. The van der Waals surface area contributed by atoms with E-state index in [0.717, 1.165) is 46.6 Å². The van der Waals surface area contributed by atoms with E-state index in [0.29, 0.717) is 6.42 Å². The minimum atomic E-state index is -0.389. The fraction of sp³-hybridized carbons (Fsp3) is 0.759. The molecule has 0 radical (unpaired) electrons. The summed E-state index contributed by atoms with van der Waals surface area (Å²) >= 11 is 0. The molecule has 1 atom stereocenters. The highest BCUT2D eigenvalue weighted by molar-refractivity contribution is 6.03. The largest absolute Gasteiger partial charge is 0.496 e. The van der Waals surface area contributed by atoms with Crippen molar-refractivity contribution in [3.63, 3.8) is 0 Å². The molecular formula is C29H48O3. The predicted octanol–water partition coefficient (Wildman–Crippen LogP) is 8.83. The van der Waals surface area contributed by atoms with Crippen LogP contribution in [0.25, 0.3) is 0 Å². The molecule has 0 N–H and O–H groups in total. The number of hydrogen-bond acceptors (Lipinski definition) is 3. The van der Waals surface area contributed by atoms with Crippen LogP contribution in [-0.2, 0) is 0 Å². The molecule has 1 aromatic carbocycles. The number of ether oxygens (including phenoxy) is 2. The van der Waals surface area contributed by atoms with Crippen LogP contribution in [-0.4, -0.2) is 18.5 Å². The van der Waals surface area contributed by atoms with Crippen molar-refractivity contribution in [1.29, 1.82) is 0 Å². The van der Waals surface area contributed by atoms with E-state index in [1.54, 1.807) is 7.11 Å². The van der Waals surface area contributed by atoms with Gasteiger partial charge in [-0.3, -0.25) is 4.79 Å². The molecule has 32 heavy (non-hydrogen) atoms. The van der Waals surface area contributed by atoms with E-state index in [1.165, 1.54) is 77.0 Å². The smallest absolute Gasteiger partial charge is 0.170 e. The van der Waals surface area contributed by atoms with Gasteiger partial charge in [-0.05, 0) is 51.7 Å². The Hall–Kier alpha value is -1.51. The third-order valence-corrected chi connectivity index (χ3v) is 7.36. The summed E-state index contributed by atoms with van der Waals surface area (Å²) in [6.45, 7) is 10.5. The monoisotopic (exact) mass is 444 g/mol. The van der Waals surface area contributed by atoms with Crippen molar-refractivity contribution < 1.29 is 14.3 Å². The molecule has 1 aliphatic heterocycles. The SMILES string of the molecule is CCCCCCCCCCCCCCC[C@]1(C)CC(=O)c2c(C)c(OC)c(C)c(C)c2O1. The van der Waals surface area contributed by atoms with Gasteiger partial charge in [0, 0.05) is 5.56 Å². The highest BCUT2D eigenvalue weighted by atomic mass is 16.5. The van der Waals surface area contributed by atoms with Crippen molar-refractivity contribution >= 4 is 5.78 Å². The zero-order valence-electron chi connectivity index (χ0n) is 21.8. The molecule has 3 nitrogen and oxygen atoms in total. The second kappa shape index (κ2) is 13.3. The van der Waals surface area contributed by atoms with Crippen LogP contribution < -0.4 is 9.47 Å². The van der Waals surface area contributed by atoms with E-state index in [2.05, 4.69) is 13.8 Å². The lowest BCUT2D eigenvalue weighted by molar-refractivity contribution is 0.0444. The lowest BCUT2D eigenvalue weighted by atomic mass is 9.83. The van der Waals surface area contributed by atoms with Gasteiger partial charge in [-0.2, -0.15) is 0 Å². The van der Waals surface area contributed by atoms with Gasteiger partial charge in [-0.1, -0.05) is 84.0 Å². The van der Waals surface area contributed by atoms with Crippen molar-refractivity contribution in [2.45, 2.75) is 137 Å². The minimum absolute atomic E-state index is 0.197. The Morgan fingerprint density at radius 2 is 1.28 bits per heavy atom. The Morgan fingerprint density at radius 3 is 1.78 bits per heavy atom. The van der Waals surface area contributed by atoms with Gasteiger partial charge in [0.05, 0.1) is 19.1 Å². The number of methoxy groups -OCH3 is 1. The summed E-state index contributed by atoms with van der Waals surface area (Å²) in [6, 6.07) is 0. The number of carbonyl (C=O) groups excluding carboxylic acids is 1. The van der Waals surface area contributed by atoms with Crippen molar-refractivity contribution in [3.8, 4) is 11.5 Å². The van der Waals surface area contributed by atoms with Crippen molar-refractivity contribution in [2.75, 3.05) is 7.11 Å². The van der Waals surface area contributed by atoms with Crippen LogP contribution in [0.4, 0.5) is 0 Å². The number of carbonyl (C=O) groups is 1. The van der Waals surface area contributed by atoms with E-state index in [9.17, 15) is 4.79 Å². The molecule has 0 aromatic heterocycles. The van der Waals surface area contributed by atoms with E-state index in [-0.39, 0.29) is 11.4 Å². The normalized spacial score (nSPS) is 17.9. The van der Waals surface area contributed by atoms with Crippen molar-refractivity contribution in [1.82, 2.24) is 0 Å². The maximum absolute atomic E-state index is 13.1. The first-order chi connectivity index (χ1) is 15.3.